The maximum Gasteiger partial charge on any atom is 0.325 e. The van der Waals surface area contributed by atoms with E-state index in [1.807, 2.05) is 39.8 Å². The highest BCUT2D eigenvalue weighted by molar-refractivity contribution is 6.05. The molecular weight excluding hydrogens is 306 g/mol. The Hall–Kier alpha value is -2.70. The van der Waals surface area contributed by atoms with Gasteiger partial charge < -0.3 is 9.88 Å². The minimum Gasteiger partial charge on any atom is -0.322 e. The van der Waals surface area contributed by atoms with Gasteiger partial charge in [-0.1, -0.05) is 17.7 Å². The second kappa shape index (κ2) is 6.07. The summed E-state index contributed by atoms with van der Waals surface area (Å²) in [6, 6.07) is 2.80. The molecule has 7 heteroatoms. The van der Waals surface area contributed by atoms with Gasteiger partial charge in [0.05, 0.1) is 6.04 Å². The van der Waals surface area contributed by atoms with E-state index in [0.717, 1.165) is 22.3 Å². The number of urea groups is 1. The van der Waals surface area contributed by atoms with Crippen molar-refractivity contribution in [3.63, 3.8) is 0 Å². The number of nitrogens with zero attached hydrogens (tertiary/aromatic N) is 4. The van der Waals surface area contributed by atoms with Gasteiger partial charge in [0.15, 0.2) is 0 Å². The zero-order valence-electron chi connectivity index (χ0n) is 14.3. The molecule has 2 heterocycles. The van der Waals surface area contributed by atoms with E-state index in [-0.39, 0.29) is 18.0 Å². The average Bonchev–Trinajstić information content (AvgIpc) is 3.07. The third-order valence-electron chi connectivity index (χ3n) is 4.38. The summed E-state index contributed by atoms with van der Waals surface area (Å²) in [5.41, 5.74) is 4.06. The average molecular weight is 327 g/mol. The standard InChI is InChI=1S/C17H21N5O2/c1-10-5-11(2)14(12(3)6-10)15-16(23)22(17(24)20-15)13(4)7-21-8-18-19-9-21/h5-6,8-9,13,15H,7H2,1-4H3,(H,20,24)/t13-,15+/m1/s1. The van der Waals surface area contributed by atoms with Crippen molar-refractivity contribution >= 4 is 11.9 Å². The molecular formula is C17H21N5O2. The molecule has 1 saturated heterocycles. The minimum atomic E-state index is -0.624. The molecule has 7 nitrogen and oxygen atoms in total. The Morgan fingerprint density at radius 1 is 1.12 bits per heavy atom. The number of carbonyl (C=O) groups is 2. The van der Waals surface area contributed by atoms with Crippen LogP contribution in [0.4, 0.5) is 4.79 Å². The van der Waals surface area contributed by atoms with Gasteiger partial charge in [0.25, 0.3) is 5.91 Å². The quantitative estimate of drug-likeness (QED) is 0.870. The minimum absolute atomic E-state index is 0.212. The van der Waals surface area contributed by atoms with E-state index < -0.39 is 6.04 Å². The summed E-state index contributed by atoms with van der Waals surface area (Å²) < 4.78 is 1.75. The zero-order chi connectivity index (χ0) is 17.4. The molecule has 2 atom stereocenters. The van der Waals surface area contributed by atoms with Crippen LogP contribution in [0.15, 0.2) is 24.8 Å². The van der Waals surface area contributed by atoms with Gasteiger partial charge >= 0.3 is 6.03 Å². The first kappa shape index (κ1) is 16.2. The fourth-order valence-electron chi connectivity index (χ4n) is 3.46. The fraction of sp³-hybridized carbons (Fsp3) is 0.412. The van der Waals surface area contributed by atoms with Crippen LogP contribution >= 0.6 is 0 Å². The van der Waals surface area contributed by atoms with Crippen LogP contribution in [0.5, 0.6) is 0 Å². The lowest BCUT2D eigenvalue weighted by molar-refractivity contribution is -0.129. The van der Waals surface area contributed by atoms with Crippen molar-refractivity contribution in [2.45, 2.75) is 46.3 Å². The third-order valence-corrected chi connectivity index (χ3v) is 4.38. The Labute approximate surface area is 140 Å². The topological polar surface area (TPSA) is 80.1 Å². The smallest absolute Gasteiger partial charge is 0.322 e. The summed E-state index contributed by atoms with van der Waals surface area (Å²) in [5, 5.41) is 10.3. The van der Waals surface area contributed by atoms with Crippen LogP contribution in [0.3, 0.4) is 0 Å². The summed E-state index contributed by atoms with van der Waals surface area (Å²) in [6.07, 6.45) is 3.14. The highest BCUT2D eigenvalue weighted by Gasteiger charge is 2.42. The molecule has 1 aliphatic heterocycles. The number of benzene rings is 1. The van der Waals surface area contributed by atoms with Gasteiger partial charge in [0.2, 0.25) is 0 Å². The summed E-state index contributed by atoms with van der Waals surface area (Å²) in [7, 11) is 0. The van der Waals surface area contributed by atoms with Gasteiger partial charge in [-0.2, -0.15) is 0 Å². The third kappa shape index (κ3) is 2.77. The molecule has 0 unspecified atom stereocenters. The number of nitrogens with one attached hydrogen (secondary N) is 1. The number of carbonyl (C=O) groups excluding carboxylic acids is 2. The maximum atomic E-state index is 12.9. The van der Waals surface area contributed by atoms with Crippen LogP contribution in [0, 0.1) is 20.8 Å². The monoisotopic (exact) mass is 327 g/mol. The second-order valence-corrected chi connectivity index (χ2v) is 6.41. The predicted octanol–water partition coefficient (Wildman–Crippen LogP) is 1.88. The van der Waals surface area contributed by atoms with Gasteiger partial charge in [-0.3, -0.25) is 9.69 Å². The van der Waals surface area contributed by atoms with Crippen LogP contribution in [0.25, 0.3) is 0 Å². The van der Waals surface area contributed by atoms with E-state index in [2.05, 4.69) is 15.5 Å². The van der Waals surface area contributed by atoms with Crippen molar-refractivity contribution in [2.24, 2.45) is 0 Å². The van der Waals surface area contributed by atoms with Gasteiger partial charge in [-0.05, 0) is 44.4 Å². The molecule has 0 saturated carbocycles. The molecule has 1 fully saturated rings. The van der Waals surface area contributed by atoms with Gasteiger partial charge in [-0.25, -0.2) is 4.79 Å². The number of aryl methyl sites for hydroxylation is 3. The number of hydrogen-bond acceptors (Lipinski definition) is 4. The van der Waals surface area contributed by atoms with Crippen LogP contribution in [0.2, 0.25) is 0 Å². The van der Waals surface area contributed by atoms with Crippen molar-refractivity contribution in [1.82, 2.24) is 25.0 Å². The van der Waals surface area contributed by atoms with Crippen molar-refractivity contribution in [3.05, 3.63) is 47.0 Å². The van der Waals surface area contributed by atoms with E-state index >= 15 is 0 Å². The number of aromatic nitrogens is 3. The molecule has 3 amide bonds. The Kier molecular flexibility index (Phi) is 4.09. The molecule has 0 spiro atoms. The van der Waals surface area contributed by atoms with Crippen LogP contribution in [-0.2, 0) is 11.3 Å². The molecule has 1 aromatic carbocycles. The summed E-state index contributed by atoms with van der Waals surface area (Å²) in [5.74, 6) is -0.212. The Bertz CT molecular complexity index is 761. The summed E-state index contributed by atoms with van der Waals surface area (Å²) >= 11 is 0. The first-order chi connectivity index (χ1) is 11.4. The van der Waals surface area contributed by atoms with Crippen LogP contribution < -0.4 is 5.32 Å². The Morgan fingerprint density at radius 3 is 2.29 bits per heavy atom. The molecule has 1 aliphatic rings. The molecule has 126 valence electrons. The van der Waals surface area contributed by atoms with Crippen molar-refractivity contribution < 1.29 is 9.59 Å². The summed E-state index contributed by atoms with van der Waals surface area (Å²) in [4.78, 5) is 26.6. The highest BCUT2D eigenvalue weighted by Crippen LogP contribution is 2.29. The molecule has 3 rings (SSSR count). The SMILES string of the molecule is Cc1cc(C)c([C@@H]2NC(=O)N([C@H](C)Cn3cnnc3)C2=O)c(C)c1. The lowest BCUT2D eigenvalue weighted by atomic mass is 9.94. The lowest BCUT2D eigenvalue weighted by Gasteiger charge is -2.22. The van der Waals surface area contributed by atoms with E-state index in [1.54, 1.807) is 17.2 Å². The second-order valence-electron chi connectivity index (χ2n) is 6.41. The van der Waals surface area contributed by atoms with Crippen molar-refractivity contribution in [3.8, 4) is 0 Å². The van der Waals surface area contributed by atoms with E-state index in [9.17, 15) is 9.59 Å². The highest BCUT2D eigenvalue weighted by atomic mass is 16.2. The van der Waals surface area contributed by atoms with Gasteiger partial charge in [-0.15, -0.1) is 10.2 Å². The first-order valence-corrected chi connectivity index (χ1v) is 7.92. The molecule has 0 aliphatic carbocycles. The molecule has 0 bridgehead atoms. The molecule has 0 radical (unpaired) electrons. The normalized spacial score (nSPS) is 18.8. The number of rotatable bonds is 4. The number of amides is 3. The van der Waals surface area contributed by atoms with E-state index in [4.69, 9.17) is 0 Å². The predicted molar refractivity (Wildman–Crippen MR) is 88.3 cm³/mol. The lowest BCUT2D eigenvalue weighted by Crippen LogP contribution is -2.41. The fourth-order valence-corrected chi connectivity index (χ4v) is 3.46. The van der Waals surface area contributed by atoms with Crippen LogP contribution in [-0.4, -0.2) is 37.6 Å². The van der Waals surface area contributed by atoms with Crippen molar-refractivity contribution in [1.29, 1.82) is 0 Å². The number of hydrogen-bond donors (Lipinski definition) is 1. The molecule has 1 aromatic heterocycles. The van der Waals surface area contributed by atoms with Crippen LogP contribution in [0.1, 0.15) is 35.2 Å². The van der Waals surface area contributed by atoms with E-state index in [0.29, 0.717) is 6.54 Å². The number of imide groups is 1. The molecule has 2 aromatic rings. The largest absolute Gasteiger partial charge is 0.325 e. The first-order valence-electron chi connectivity index (χ1n) is 7.92. The Morgan fingerprint density at radius 2 is 1.71 bits per heavy atom. The summed E-state index contributed by atoms with van der Waals surface area (Å²) in [6.45, 7) is 8.27. The van der Waals surface area contributed by atoms with Crippen molar-refractivity contribution in [2.75, 3.05) is 0 Å². The van der Waals surface area contributed by atoms with Gasteiger partial charge in [0, 0.05) is 6.54 Å². The Balaban J connectivity index is 1.87. The zero-order valence-corrected chi connectivity index (χ0v) is 14.3. The maximum absolute atomic E-state index is 12.9. The molecule has 1 N–H and O–H groups in total. The van der Waals surface area contributed by atoms with E-state index in [1.165, 1.54) is 4.90 Å². The molecule has 24 heavy (non-hydrogen) atoms. The van der Waals surface area contributed by atoms with Gasteiger partial charge in [0.1, 0.15) is 18.7 Å².